The van der Waals surface area contributed by atoms with E-state index in [1.54, 1.807) is 12.1 Å². The molecule has 0 spiro atoms. The number of aryl methyl sites for hydroxylation is 2. The minimum absolute atomic E-state index is 0.248. The maximum atomic E-state index is 9.98. The predicted octanol–water partition coefficient (Wildman–Crippen LogP) is 3.54. The Morgan fingerprint density at radius 3 is 2.48 bits per heavy atom. The van der Waals surface area contributed by atoms with Crippen LogP contribution in [0, 0.1) is 13.8 Å². The van der Waals surface area contributed by atoms with Gasteiger partial charge in [0.1, 0.15) is 18.1 Å². The van der Waals surface area contributed by atoms with E-state index in [4.69, 9.17) is 4.74 Å². The second-order valence-electron chi connectivity index (χ2n) is 5.04. The van der Waals surface area contributed by atoms with Crippen molar-refractivity contribution in [3.63, 3.8) is 0 Å². The largest absolute Gasteiger partial charge is 0.508 e. The summed E-state index contributed by atoms with van der Waals surface area (Å²) in [7, 11) is 0. The summed E-state index contributed by atoms with van der Waals surface area (Å²) in [4.78, 5) is 1.01. The normalized spacial score (nSPS) is 12.1. The van der Waals surface area contributed by atoms with Crippen LogP contribution in [0.25, 0.3) is 0 Å². The van der Waals surface area contributed by atoms with Gasteiger partial charge in [-0.15, -0.1) is 11.8 Å². The number of aromatic hydroxyl groups is 1. The monoisotopic (exact) mass is 304 g/mol. The summed E-state index contributed by atoms with van der Waals surface area (Å²) in [6.45, 7) is 4.31. The predicted molar refractivity (Wildman–Crippen MR) is 86.2 cm³/mol. The number of benzene rings is 2. The van der Waals surface area contributed by atoms with Gasteiger partial charge in [-0.3, -0.25) is 0 Å². The molecule has 4 heteroatoms. The lowest BCUT2D eigenvalue weighted by Crippen LogP contribution is -2.20. The summed E-state index contributed by atoms with van der Waals surface area (Å²) in [5.74, 6) is 1.61. The summed E-state index contributed by atoms with van der Waals surface area (Å²) in [6, 6.07) is 12.9. The highest BCUT2D eigenvalue weighted by Crippen LogP contribution is 2.22. The highest BCUT2D eigenvalue weighted by molar-refractivity contribution is 7.99. The SMILES string of the molecule is Cc1ccc(OCC(O)CSc2ccc(O)cc2)c(C)c1. The fraction of sp³-hybridized carbons (Fsp3) is 0.294. The Labute approximate surface area is 129 Å². The van der Waals surface area contributed by atoms with Gasteiger partial charge in [0.15, 0.2) is 0 Å². The first-order valence-electron chi connectivity index (χ1n) is 6.84. The Bertz CT molecular complexity index is 581. The maximum absolute atomic E-state index is 9.98. The molecule has 0 fully saturated rings. The molecule has 2 N–H and O–H groups in total. The van der Waals surface area contributed by atoms with Crippen molar-refractivity contribution in [1.82, 2.24) is 0 Å². The van der Waals surface area contributed by atoms with Crippen LogP contribution in [0.3, 0.4) is 0 Å². The second kappa shape index (κ2) is 7.38. The molecule has 1 atom stereocenters. The highest BCUT2D eigenvalue weighted by Gasteiger charge is 2.08. The van der Waals surface area contributed by atoms with Gasteiger partial charge in [-0.25, -0.2) is 0 Å². The third kappa shape index (κ3) is 4.99. The Balaban J connectivity index is 1.79. The summed E-state index contributed by atoms with van der Waals surface area (Å²) < 4.78 is 5.66. The lowest BCUT2D eigenvalue weighted by atomic mass is 10.1. The van der Waals surface area contributed by atoms with Crippen LogP contribution in [-0.4, -0.2) is 28.7 Å². The first-order valence-corrected chi connectivity index (χ1v) is 7.83. The number of aliphatic hydroxyl groups is 1. The number of hydrogen-bond acceptors (Lipinski definition) is 4. The molecule has 112 valence electrons. The Hall–Kier alpha value is -1.65. The van der Waals surface area contributed by atoms with Crippen LogP contribution >= 0.6 is 11.8 Å². The van der Waals surface area contributed by atoms with Crippen molar-refractivity contribution < 1.29 is 14.9 Å². The van der Waals surface area contributed by atoms with Gasteiger partial charge in [-0.1, -0.05) is 17.7 Å². The third-order valence-electron chi connectivity index (χ3n) is 3.04. The third-order valence-corrected chi connectivity index (χ3v) is 4.20. The smallest absolute Gasteiger partial charge is 0.122 e. The molecule has 2 aromatic rings. The van der Waals surface area contributed by atoms with E-state index in [0.29, 0.717) is 5.75 Å². The fourth-order valence-corrected chi connectivity index (χ4v) is 2.74. The molecule has 21 heavy (non-hydrogen) atoms. The van der Waals surface area contributed by atoms with E-state index < -0.39 is 6.10 Å². The van der Waals surface area contributed by atoms with E-state index >= 15 is 0 Å². The van der Waals surface area contributed by atoms with Gasteiger partial charge in [0.05, 0.1) is 6.10 Å². The van der Waals surface area contributed by atoms with Gasteiger partial charge in [-0.2, -0.15) is 0 Å². The maximum Gasteiger partial charge on any atom is 0.122 e. The van der Waals surface area contributed by atoms with E-state index in [-0.39, 0.29) is 12.4 Å². The molecule has 0 saturated heterocycles. The first kappa shape index (κ1) is 15.7. The van der Waals surface area contributed by atoms with Crippen LogP contribution < -0.4 is 4.74 Å². The van der Waals surface area contributed by atoms with E-state index in [9.17, 15) is 10.2 Å². The summed E-state index contributed by atoms with van der Waals surface area (Å²) in [5.41, 5.74) is 2.27. The average Bonchev–Trinajstić information content (AvgIpc) is 2.46. The standard InChI is InChI=1S/C17H20O3S/c1-12-3-8-17(13(2)9-12)20-10-15(19)11-21-16-6-4-14(18)5-7-16/h3-9,15,18-19H,10-11H2,1-2H3. The minimum Gasteiger partial charge on any atom is -0.508 e. The number of ether oxygens (including phenoxy) is 1. The minimum atomic E-state index is -0.537. The van der Waals surface area contributed by atoms with E-state index in [1.807, 2.05) is 38.1 Å². The molecule has 0 saturated carbocycles. The molecular formula is C17H20O3S. The molecule has 3 nitrogen and oxygen atoms in total. The van der Waals surface area contributed by atoms with Gasteiger partial charge >= 0.3 is 0 Å². The van der Waals surface area contributed by atoms with Gasteiger partial charge < -0.3 is 14.9 Å². The molecule has 2 rings (SSSR count). The lowest BCUT2D eigenvalue weighted by molar-refractivity contribution is 0.126. The first-order chi connectivity index (χ1) is 10.0. The molecule has 0 radical (unpaired) electrons. The molecule has 0 aliphatic carbocycles. The fourth-order valence-electron chi connectivity index (χ4n) is 1.93. The van der Waals surface area contributed by atoms with Crippen LogP contribution in [0.4, 0.5) is 0 Å². The summed E-state index contributed by atoms with van der Waals surface area (Å²) >= 11 is 1.54. The van der Waals surface area contributed by atoms with E-state index in [0.717, 1.165) is 16.2 Å². The van der Waals surface area contributed by atoms with Crippen molar-refractivity contribution in [3.8, 4) is 11.5 Å². The van der Waals surface area contributed by atoms with E-state index in [1.165, 1.54) is 17.3 Å². The topological polar surface area (TPSA) is 49.7 Å². The van der Waals surface area contributed by atoms with Crippen LogP contribution in [0.2, 0.25) is 0 Å². The van der Waals surface area contributed by atoms with Crippen molar-refractivity contribution in [2.45, 2.75) is 24.8 Å². The molecule has 2 aromatic carbocycles. The van der Waals surface area contributed by atoms with Crippen LogP contribution in [0.5, 0.6) is 11.5 Å². The van der Waals surface area contributed by atoms with Crippen LogP contribution in [0.15, 0.2) is 47.4 Å². The Morgan fingerprint density at radius 1 is 1.10 bits per heavy atom. The number of aliphatic hydroxyl groups excluding tert-OH is 1. The number of rotatable bonds is 6. The van der Waals surface area contributed by atoms with Crippen molar-refractivity contribution in [1.29, 1.82) is 0 Å². The zero-order chi connectivity index (χ0) is 15.2. The second-order valence-corrected chi connectivity index (χ2v) is 6.13. The zero-order valence-corrected chi connectivity index (χ0v) is 13.1. The van der Waals surface area contributed by atoms with Crippen LogP contribution in [-0.2, 0) is 0 Å². The van der Waals surface area contributed by atoms with Gasteiger partial charge in [0, 0.05) is 10.6 Å². The van der Waals surface area contributed by atoms with Crippen molar-refractivity contribution in [2.75, 3.05) is 12.4 Å². The van der Waals surface area contributed by atoms with Crippen molar-refractivity contribution >= 4 is 11.8 Å². The van der Waals surface area contributed by atoms with Crippen molar-refractivity contribution in [2.24, 2.45) is 0 Å². The van der Waals surface area contributed by atoms with Crippen LogP contribution in [0.1, 0.15) is 11.1 Å². The van der Waals surface area contributed by atoms with E-state index in [2.05, 4.69) is 6.07 Å². The molecule has 0 amide bonds. The highest BCUT2D eigenvalue weighted by atomic mass is 32.2. The molecule has 1 unspecified atom stereocenters. The summed E-state index contributed by atoms with van der Waals surface area (Å²) in [5, 5.41) is 19.2. The molecule has 0 bridgehead atoms. The zero-order valence-electron chi connectivity index (χ0n) is 12.2. The lowest BCUT2D eigenvalue weighted by Gasteiger charge is -2.14. The number of phenols is 1. The van der Waals surface area contributed by atoms with Gasteiger partial charge in [0.25, 0.3) is 0 Å². The molecule has 0 aliphatic heterocycles. The quantitative estimate of drug-likeness (QED) is 0.801. The summed E-state index contributed by atoms with van der Waals surface area (Å²) in [6.07, 6.45) is -0.537. The molecule has 0 aromatic heterocycles. The molecule has 0 aliphatic rings. The Morgan fingerprint density at radius 2 is 1.81 bits per heavy atom. The number of thioether (sulfide) groups is 1. The molecular weight excluding hydrogens is 284 g/mol. The number of hydrogen-bond donors (Lipinski definition) is 2. The number of phenolic OH excluding ortho intramolecular Hbond substituents is 1. The Kier molecular flexibility index (Phi) is 5.53. The average molecular weight is 304 g/mol. The van der Waals surface area contributed by atoms with Crippen molar-refractivity contribution in [3.05, 3.63) is 53.6 Å². The molecule has 0 heterocycles. The van der Waals surface area contributed by atoms with Gasteiger partial charge in [0.2, 0.25) is 0 Å². The van der Waals surface area contributed by atoms with Gasteiger partial charge in [-0.05, 0) is 49.7 Å².